The smallest absolute Gasteiger partial charge is 0.319 e. The Morgan fingerprint density at radius 3 is 2.76 bits per heavy atom. The van der Waals surface area contributed by atoms with Crippen LogP contribution in [0.3, 0.4) is 0 Å². The number of methoxy groups -OCH3 is 2. The summed E-state index contributed by atoms with van der Waals surface area (Å²) in [5, 5.41) is 6.24. The van der Waals surface area contributed by atoms with E-state index < -0.39 is 0 Å². The predicted molar refractivity (Wildman–Crippen MR) is 95.6 cm³/mol. The number of anilines is 1. The van der Waals surface area contributed by atoms with Crippen LogP contribution in [0.25, 0.3) is 0 Å². The highest BCUT2D eigenvalue weighted by Crippen LogP contribution is 2.36. The van der Waals surface area contributed by atoms with Gasteiger partial charge >= 0.3 is 6.03 Å². The van der Waals surface area contributed by atoms with Crippen molar-refractivity contribution in [3.8, 4) is 11.5 Å². The molecule has 1 aliphatic rings. The van der Waals surface area contributed by atoms with Crippen molar-refractivity contribution in [2.24, 2.45) is 0 Å². The molecule has 2 atom stereocenters. The Hall–Kier alpha value is -2.41. The Kier molecular flexibility index (Phi) is 5.33. The standard InChI is InChI=1S/C17H21ClN4O3/c1-24-15-9-16(25-2)13(8-11(15)18)21-17(23)20-12-4-3-5-14(12)22-7-6-19-10-22/h6-10,12,14H,3-5H2,1-2H3,(H2,20,21,23). The lowest BCUT2D eigenvalue weighted by Crippen LogP contribution is -2.40. The number of ether oxygens (including phenoxy) is 2. The predicted octanol–water partition coefficient (Wildman–Crippen LogP) is 3.47. The van der Waals surface area contributed by atoms with Gasteiger partial charge in [-0.2, -0.15) is 0 Å². The molecule has 0 spiro atoms. The molecule has 2 unspecified atom stereocenters. The third-order valence-electron chi connectivity index (χ3n) is 4.43. The highest BCUT2D eigenvalue weighted by Gasteiger charge is 2.29. The SMILES string of the molecule is COc1cc(OC)c(NC(=O)NC2CCCC2n2ccnc2)cc1Cl. The second-order valence-electron chi connectivity index (χ2n) is 5.90. The van der Waals surface area contributed by atoms with E-state index in [1.54, 1.807) is 24.7 Å². The van der Waals surface area contributed by atoms with E-state index in [0.29, 0.717) is 22.2 Å². The van der Waals surface area contributed by atoms with Crippen LogP contribution in [-0.4, -0.2) is 35.8 Å². The minimum Gasteiger partial charge on any atom is -0.495 e. The molecule has 0 radical (unpaired) electrons. The number of hydrogen-bond donors (Lipinski definition) is 2. The van der Waals surface area contributed by atoms with Crippen LogP contribution in [0.15, 0.2) is 30.9 Å². The van der Waals surface area contributed by atoms with Gasteiger partial charge in [0.25, 0.3) is 0 Å². The van der Waals surface area contributed by atoms with Crippen LogP contribution in [0.4, 0.5) is 10.5 Å². The van der Waals surface area contributed by atoms with Crippen molar-refractivity contribution in [1.82, 2.24) is 14.9 Å². The number of carbonyl (C=O) groups is 1. The maximum Gasteiger partial charge on any atom is 0.319 e. The van der Waals surface area contributed by atoms with Gasteiger partial charge in [-0.1, -0.05) is 11.6 Å². The maximum absolute atomic E-state index is 12.4. The van der Waals surface area contributed by atoms with E-state index in [1.165, 1.54) is 14.2 Å². The first-order valence-electron chi connectivity index (χ1n) is 8.09. The summed E-state index contributed by atoms with van der Waals surface area (Å²) in [4.78, 5) is 16.5. The normalized spacial score (nSPS) is 19.5. The van der Waals surface area contributed by atoms with Gasteiger partial charge in [-0.15, -0.1) is 0 Å². The number of hydrogen-bond acceptors (Lipinski definition) is 4. The Morgan fingerprint density at radius 1 is 1.28 bits per heavy atom. The molecular weight excluding hydrogens is 344 g/mol. The zero-order valence-electron chi connectivity index (χ0n) is 14.2. The number of aromatic nitrogens is 2. The van der Waals surface area contributed by atoms with Gasteiger partial charge < -0.3 is 24.7 Å². The van der Waals surface area contributed by atoms with Crippen molar-refractivity contribution >= 4 is 23.3 Å². The average Bonchev–Trinajstić information content (AvgIpc) is 3.26. The van der Waals surface area contributed by atoms with E-state index in [-0.39, 0.29) is 18.1 Å². The summed E-state index contributed by atoms with van der Waals surface area (Å²) in [6.45, 7) is 0. The molecule has 1 aliphatic carbocycles. The van der Waals surface area contributed by atoms with Gasteiger partial charge in [0.15, 0.2) is 0 Å². The lowest BCUT2D eigenvalue weighted by Gasteiger charge is -2.22. The lowest BCUT2D eigenvalue weighted by molar-refractivity contribution is 0.245. The summed E-state index contributed by atoms with van der Waals surface area (Å²) in [5.41, 5.74) is 0.489. The van der Waals surface area contributed by atoms with Crippen LogP contribution >= 0.6 is 11.6 Å². The molecule has 25 heavy (non-hydrogen) atoms. The fourth-order valence-electron chi connectivity index (χ4n) is 3.22. The first-order valence-corrected chi connectivity index (χ1v) is 8.46. The summed E-state index contributed by atoms with van der Waals surface area (Å²) in [6.07, 6.45) is 8.46. The third kappa shape index (κ3) is 3.82. The highest BCUT2D eigenvalue weighted by molar-refractivity contribution is 6.32. The van der Waals surface area contributed by atoms with E-state index in [4.69, 9.17) is 21.1 Å². The van der Waals surface area contributed by atoms with Gasteiger partial charge in [-0.3, -0.25) is 0 Å². The largest absolute Gasteiger partial charge is 0.495 e. The number of nitrogens with zero attached hydrogens (tertiary/aromatic N) is 2. The Bertz CT molecular complexity index is 736. The van der Waals surface area contributed by atoms with Crippen molar-refractivity contribution < 1.29 is 14.3 Å². The van der Waals surface area contributed by atoms with Gasteiger partial charge in [0.05, 0.1) is 43.3 Å². The zero-order valence-corrected chi connectivity index (χ0v) is 14.9. The van der Waals surface area contributed by atoms with E-state index >= 15 is 0 Å². The molecule has 1 fully saturated rings. The van der Waals surface area contributed by atoms with Crippen LogP contribution in [0.5, 0.6) is 11.5 Å². The number of amides is 2. The lowest BCUT2D eigenvalue weighted by atomic mass is 10.2. The molecule has 1 saturated carbocycles. The van der Waals surface area contributed by atoms with Crippen molar-refractivity contribution in [3.63, 3.8) is 0 Å². The summed E-state index contributed by atoms with van der Waals surface area (Å²) in [6, 6.07) is 3.22. The zero-order chi connectivity index (χ0) is 17.8. The van der Waals surface area contributed by atoms with Gasteiger partial charge in [0, 0.05) is 18.5 Å². The third-order valence-corrected chi connectivity index (χ3v) is 4.72. The summed E-state index contributed by atoms with van der Waals surface area (Å²) < 4.78 is 12.5. The fourth-order valence-corrected chi connectivity index (χ4v) is 3.46. The minimum absolute atomic E-state index is 0.0499. The Morgan fingerprint density at radius 2 is 2.08 bits per heavy atom. The Balaban J connectivity index is 1.69. The number of nitrogens with one attached hydrogen (secondary N) is 2. The molecule has 3 rings (SSSR count). The minimum atomic E-state index is -0.295. The van der Waals surface area contributed by atoms with Crippen LogP contribution in [0.1, 0.15) is 25.3 Å². The molecule has 1 aromatic heterocycles. The van der Waals surface area contributed by atoms with E-state index in [2.05, 4.69) is 15.6 Å². The first kappa shape index (κ1) is 17.4. The number of halogens is 1. The number of carbonyl (C=O) groups excluding carboxylic acids is 1. The molecule has 1 heterocycles. The van der Waals surface area contributed by atoms with Crippen LogP contribution < -0.4 is 20.1 Å². The number of urea groups is 1. The molecule has 0 saturated heterocycles. The summed E-state index contributed by atoms with van der Waals surface area (Å²) in [7, 11) is 3.05. The van der Waals surface area contributed by atoms with Crippen molar-refractivity contribution in [3.05, 3.63) is 35.9 Å². The molecule has 8 heteroatoms. The van der Waals surface area contributed by atoms with E-state index in [0.717, 1.165) is 19.3 Å². The first-order chi connectivity index (χ1) is 12.1. The molecule has 134 valence electrons. The molecule has 0 aliphatic heterocycles. The van der Waals surface area contributed by atoms with Crippen molar-refractivity contribution in [2.75, 3.05) is 19.5 Å². The van der Waals surface area contributed by atoms with Crippen LogP contribution in [0, 0.1) is 0 Å². The number of benzene rings is 1. The van der Waals surface area contributed by atoms with Gasteiger partial charge in [-0.25, -0.2) is 9.78 Å². The van der Waals surface area contributed by atoms with Crippen LogP contribution in [0.2, 0.25) is 5.02 Å². The van der Waals surface area contributed by atoms with Gasteiger partial charge in [-0.05, 0) is 25.3 Å². The van der Waals surface area contributed by atoms with Crippen molar-refractivity contribution in [2.45, 2.75) is 31.3 Å². The highest BCUT2D eigenvalue weighted by atomic mass is 35.5. The van der Waals surface area contributed by atoms with Crippen molar-refractivity contribution in [1.29, 1.82) is 0 Å². The number of imidazole rings is 1. The molecule has 2 N–H and O–H groups in total. The Labute approximate surface area is 151 Å². The summed E-state index contributed by atoms with van der Waals surface area (Å²) in [5.74, 6) is 0.967. The molecule has 0 bridgehead atoms. The second-order valence-corrected chi connectivity index (χ2v) is 6.31. The van der Waals surface area contributed by atoms with Crippen LogP contribution in [-0.2, 0) is 0 Å². The molecule has 1 aromatic carbocycles. The van der Waals surface area contributed by atoms with E-state index in [1.807, 2.05) is 10.8 Å². The molecule has 7 nitrogen and oxygen atoms in total. The number of rotatable bonds is 5. The monoisotopic (exact) mass is 364 g/mol. The average molecular weight is 365 g/mol. The van der Waals surface area contributed by atoms with Gasteiger partial charge in [0.2, 0.25) is 0 Å². The quantitative estimate of drug-likeness (QED) is 0.851. The molecule has 2 aromatic rings. The second kappa shape index (κ2) is 7.65. The summed E-state index contributed by atoms with van der Waals surface area (Å²) >= 11 is 6.14. The molecule has 2 amide bonds. The van der Waals surface area contributed by atoms with E-state index in [9.17, 15) is 4.79 Å². The topological polar surface area (TPSA) is 77.4 Å². The maximum atomic E-state index is 12.4. The van der Waals surface area contributed by atoms with Gasteiger partial charge in [0.1, 0.15) is 11.5 Å². The molecular formula is C17H21ClN4O3. The fraction of sp³-hybridized carbons (Fsp3) is 0.412.